The number of rotatable bonds is 8. The van der Waals surface area contributed by atoms with Crippen molar-refractivity contribution in [3.63, 3.8) is 0 Å². The Bertz CT molecular complexity index is 2110. The molecule has 2 bridgehead atoms. The molecule has 3 N–H and O–H groups in total. The molecule has 0 radical (unpaired) electrons. The zero-order valence-electron chi connectivity index (χ0n) is 27.0. The van der Waals surface area contributed by atoms with Crippen molar-refractivity contribution in [2.75, 3.05) is 19.0 Å². The van der Waals surface area contributed by atoms with Crippen LogP contribution in [0.25, 0.3) is 44.8 Å². The van der Waals surface area contributed by atoms with Crippen LogP contribution in [-0.2, 0) is 18.4 Å². The van der Waals surface area contributed by atoms with Crippen molar-refractivity contribution < 1.29 is 14.3 Å². The first-order valence-electron chi connectivity index (χ1n) is 16.4. The van der Waals surface area contributed by atoms with E-state index < -0.39 is 0 Å². The van der Waals surface area contributed by atoms with E-state index in [1.807, 2.05) is 54.4 Å². The number of nitrogens with two attached hydrogens (primary N) is 1. The van der Waals surface area contributed by atoms with Crippen molar-refractivity contribution in [1.82, 2.24) is 24.0 Å². The number of likely N-dealkylation sites (tertiary alicyclic amines) is 1. The number of anilines is 1. The predicted octanol–water partition coefficient (Wildman–Crippen LogP) is 5.75. The standard InChI is InChI=1S/C37H39N7O3/c1-20(2)36(45)39-26-7-5-6-22(14-26)27-12-10-23-16-30(43(34(23)40-27)18-21-8-9-21)35-41-28-15-25(17-31(47-4)33(28)42(35)3)37(46)44-19-24-11-13-29(44)32(24)38/h5-7,10,12,14-17,21,24,29,32H,1,8-9,11,13,18-19,38H2,2-4H3,(H,39,45)/t24-,29-,32-/m1/s1. The summed E-state index contributed by atoms with van der Waals surface area (Å²) in [7, 11) is 3.63. The Morgan fingerprint density at radius 3 is 2.60 bits per heavy atom. The molecular formula is C37H39N7O3. The maximum atomic E-state index is 13.8. The molecule has 10 nitrogen and oxygen atoms in total. The lowest BCUT2D eigenvalue weighted by Gasteiger charge is -2.27. The van der Waals surface area contributed by atoms with Gasteiger partial charge in [0.25, 0.3) is 11.8 Å². The Kier molecular flexibility index (Phi) is 6.94. The number of ether oxygens (including phenoxy) is 1. The summed E-state index contributed by atoms with van der Waals surface area (Å²) in [4.78, 5) is 38.2. The molecule has 2 amide bonds. The van der Waals surface area contributed by atoms with Gasteiger partial charge in [-0.2, -0.15) is 0 Å². The predicted molar refractivity (Wildman–Crippen MR) is 183 cm³/mol. The number of aromatic nitrogens is 4. The van der Waals surface area contributed by atoms with E-state index in [0.29, 0.717) is 46.5 Å². The zero-order valence-corrected chi connectivity index (χ0v) is 27.0. The second-order valence-corrected chi connectivity index (χ2v) is 13.5. The normalized spacial score (nSPS) is 20.3. The van der Waals surface area contributed by atoms with Crippen molar-refractivity contribution in [3.8, 4) is 28.5 Å². The van der Waals surface area contributed by atoms with Crippen molar-refractivity contribution in [1.29, 1.82) is 0 Å². The van der Waals surface area contributed by atoms with Crippen molar-refractivity contribution >= 4 is 39.6 Å². The molecule has 3 atom stereocenters. The van der Waals surface area contributed by atoms with E-state index in [9.17, 15) is 9.59 Å². The van der Waals surface area contributed by atoms with Crippen LogP contribution >= 0.6 is 0 Å². The highest BCUT2D eigenvalue weighted by Crippen LogP contribution is 2.40. The Morgan fingerprint density at radius 1 is 1.06 bits per heavy atom. The van der Waals surface area contributed by atoms with Gasteiger partial charge < -0.3 is 29.8 Å². The van der Waals surface area contributed by atoms with Crippen LogP contribution in [0.5, 0.6) is 5.75 Å². The van der Waals surface area contributed by atoms with Crippen molar-refractivity contribution in [2.24, 2.45) is 24.6 Å². The third-order valence-electron chi connectivity index (χ3n) is 10.2. The lowest BCUT2D eigenvalue weighted by atomic mass is 10.1. The van der Waals surface area contributed by atoms with E-state index in [4.69, 9.17) is 20.4 Å². The monoisotopic (exact) mass is 629 g/mol. The number of nitrogens with one attached hydrogen (secondary N) is 1. The minimum Gasteiger partial charge on any atom is -0.494 e. The lowest BCUT2D eigenvalue weighted by molar-refractivity contribution is -0.112. The topological polar surface area (TPSA) is 120 Å². The van der Waals surface area contributed by atoms with Gasteiger partial charge in [-0.05, 0) is 86.9 Å². The molecule has 1 aliphatic heterocycles. The van der Waals surface area contributed by atoms with Crippen molar-refractivity contribution in [3.05, 3.63) is 72.3 Å². The van der Waals surface area contributed by atoms with Gasteiger partial charge in [0, 0.05) is 60.0 Å². The number of amides is 2. The SMILES string of the molecule is C=C(C)C(=O)Nc1cccc(-c2ccc3cc(-c4nc5cc(C(=O)N6C[C@H]7CC[C@@H]6[C@@H]7N)cc(OC)c5n4C)n(CC4CC4)c3n2)c1. The number of nitrogens with zero attached hydrogens (tertiary/aromatic N) is 5. The molecule has 0 spiro atoms. The van der Waals surface area contributed by atoms with E-state index in [1.54, 1.807) is 14.0 Å². The number of carbonyl (C=O) groups excluding carboxylic acids is 2. The molecule has 3 fully saturated rings. The number of methoxy groups -OCH3 is 1. The average molecular weight is 630 g/mol. The molecule has 5 aromatic rings. The summed E-state index contributed by atoms with van der Waals surface area (Å²) in [6.45, 7) is 6.97. The highest BCUT2D eigenvalue weighted by atomic mass is 16.5. The number of hydrogen-bond acceptors (Lipinski definition) is 6. The van der Waals surface area contributed by atoms with Crippen LogP contribution in [-0.4, -0.2) is 61.6 Å². The molecule has 240 valence electrons. The number of hydrogen-bond donors (Lipinski definition) is 2. The van der Waals surface area contributed by atoms with E-state index in [-0.39, 0.29) is 23.9 Å². The summed E-state index contributed by atoms with van der Waals surface area (Å²) in [5, 5.41) is 3.92. The quantitative estimate of drug-likeness (QED) is 0.211. The average Bonchev–Trinajstić information content (AvgIpc) is 3.47. The van der Waals surface area contributed by atoms with Gasteiger partial charge >= 0.3 is 0 Å². The van der Waals surface area contributed by atoms with Crippen LogP contribution in [0.2, 0.25) is 0 Å². The number of benzene rings is 2. The lowest BCUT2D eigenvalue weighted by Crippen LogP contribution is -2.41. The van der Waals surface area contributed by atoms with Gasteiger partial charge in [-0.15, -0.1) is 0 Å². The van der Waals surface area contributed by atoms with E-state index in [1.165, 1.54) is 12.8 Å². The number of pyridine rings is 1. The first-order chi connectivity index (χ1) is 22.7. The van der Waals surface area contributed by atoms with Gasteiger partial charge in [-0.25, -0.2) is 9.97 Å². The fourth-order valence-corrected chi connectivity index (χ4v) is 7.48. The maximum absolute atomic E-state index is 13.8. The van der Waals surface area contributed by atoms with Crippen LogP contribution in [0.15, 0.2) is 66.7 Å². The molecule has 1 saturated heterocycles. The van der Waals surface area contributed by atoms with Gasteiger partial charge in [0.2, 0.25) is 0 Å². The van der Waals surface area contributed by atoms with E-state index in [0.717, 1.165) is 58.7 Å². The minimum atomic E-state index is -0.212. The van der Waals surface area contributed by atoms with Crippen LogP contribution in [0.3, 0.4) is 0 Å². The first kappa shape index (κ1) is 29.4. The number of aryl methyl sites for hydroxylation is 1. The Balaban J connectivity index is 1.20. The summed E-state index contributed by atoms with van der Waals surface area (Å²) < 4.78 is 10.2. The minimum absolute atomic E-state index is 0.0112. The summed E-state index contributed by atoms with van der Waals surface area (Å²) in [6, 6.07) is 17.9. The molecule has 2 saturated carbocycles. The number of piperidine rings is 1. The van der Waals surface area contributed by atoms with Crippen LogP contribution < -0.4 is 15.8 Å². The largest absolute Gasteiger partial charge is 0.494 e. The second kappa shape index (κ2) is 11.1. The van der Waals surface area contributed by atoms with Crippen molar-refractivity contribution in [2.45, 2.75) is 51.2 Å². The zero-order chi connectivity index (χ0) is 32.6. The molecule has 3 aliphatic rings. The Hall–Kier alpha value is -4.96. The number of fused-ring (bicyclic) bond motifs is 4. The maximum Gasteiger partial charge on any atom is 0.254 e. The summed E-state index contributed by atoms with van der Waals surface area (Å²) in [5.41, 5.74) is 13.3. The van der Waals surface area contributed by atoms with Crippen LogP contribution in [0, 0.1) is 11.8 Å². The third kappa shape index (κ3) is 4.98. The summed E-state index contributed by atoms with van der Waals surface area (Å²) >= 11 is 0. The van der Waals surface area contributed by atoms with Gasteiger partial charge in [0.05, 0.1) is 24.0 Å². The van der Waals surface area contributed by atoms with Crippen LogP contribution in [0.1, 0.15) is 43.0 Å². The van der Waals surface area contributed by atoms with Crippen LogP contribution in [0.4, 0.5) is 5.69 Å². The molecule has 47 heavy (non-hydrogen) atoms. The van der Waals surface area contributed by atoms with Gasteiger partial charge in [0.1, 0.15) is 16.9 Å². The Morgan fingerprint density at radius 2 is 1.89 bits per heavy atom. The summed E-state index contributed by atoms with van der Waals surface area (Å²) in [5.74, 6) is 2.15. The summed E-state index contributed by atoms with van der Waals surface area (Å²) in [6.07, 6.45) is 4.43. The van der Waals surface area contributed by atoms with Gasteiger partial charge in [-0.3, -0.25) is 9.59 Å². The molecule has 0 unspecified atom stereocenters. The molecule has 3 aromatic heterocycles. The highest BCUT2D eigenvalue weighted by Gasteiger charge is 2.47. The number of carbonyl (C=O) groups is 2. The fourth-order valence-electron chi connectivity index (χ4n) is 7.48. The van der Waals surface area contributed by atoms with E-state index >= 15 is 0 Å². The molecule has 4 heterocycles. The molecule has 2 aromatic carbocycles. The smallest absolute Gasteiger partial charge is 0.254 e. The number of imidazole rings is 1. The second-order valence-electron chi connectivity index (χ2n) is 13.5. The molecule has 2 aliphatic carbocycles. The molecule has 10 heteroatoms. The Labute approximate surface area is 273 Å². The fraction of sp³-hybridized carbons (Fsp3) is 0.351. The van der Waals surface area contributed by atoms with E-state index in [2.05, 4.69) is 33.2 Å². The van der Waals surface area contributed by atoms with Gasteiger partial charge in [0.15, 0.2) is 5.82 Å². The molecule has 8 rings (SSSR count). The molecular weight excluding hydrogens is 590 g/mol. The highest BCUT2D eigenvalue weighted by molar-refractivity contribution is 6.03. The first-order valence-corrected chi connectivity index (χ1v) is 16.4. The third-order valence-corrected chi connectivity index (χ3v) is 10.2. The van der Waals surface area contributed by atoms with Gasteiger partial charge in [-0.1, -0.05) is 18.7 Å².